The van der Waals surface area contributed by atoms with Crippen LogP contribution in [0.2, 0.25) is 0 Å². The van der Waals surface area contributed by atoms with Crippen molar-refractivity contribution < 1.29 is 13.5 Å². The molecule has 7 heteroatoms. The van der Waals surface area contributed by atoms with E-state index in [0.29, 0.717) is 24.8 Å². The van der Waals surface area contributed by atoms with Gasteiger partial charge in [0.2, 0.25) is 0 Å². The van der Waals surface area contributed by atoms with Crippen LogP contribution in [0.25, 0.3) is 0 Å². The lowest BCUT2D eigenvalue weighted by molar-refractivity contribution is 0.253. The summed E-state index contributed by atoms with van der Waals surface area (Å²) in [5.41, 5.74) is 0. The highest BCUT2D eigenvalue weighted by molar-refractivity contribution is 7.91. The van der Waals surface area contributed by atoms with Gasteiger partial charge in [0.25, 0.3) is 0 Å². The zero-order valence-corrected chi connectivity index (χ0v) is 14.7. The fraction of sp³-hybridized carbons (Fsp3) is 0.933. The molecule has 0 aromatic heterocycles. The summed E-state index contributed by atoms with van der Waals surface area (Å²) in [6.45, 7) is 6.44. The van der Waals surface area contributed by atoms with Crippen molar-refractivity contribution in [1.29, 1.82) is 0 Å². The number of aliphatic hydroxyl groups is 1. The van der Waals surface area contributed by atoms with Gasteiger partial charge in [-0.15, -0.1) is 0 Å². The van der Waals surface area contributed by atoms with Crippen LogP contribution in [0, 0.1) is 11.8 Å². The van der Waals surface area contributed by atoms with Crippen LogP contribution >= 0.6 is 0 Å². The topological polar surface area (TPSA) is 90.8 Å². The maximum absolute atomic E-state index is 11.5. The van der Waals surface area contributed by atoms with E-state index in [-0.39, 0.29) is 18.3 Å². The fourth-order valence-electron chi connectivity index (χ4n) is 2.75. The molecule has 0 radical (unpaired) electrons. The molecule has 1 heterocycles. The molecule has 0 spiro atoms. The van der Waals surface area contributed by atoms with Gasteiger partial charge in [-0.25, -0.2) is 8.42 Å². The van der Waals surface area contributed by atoms with Crippen molar-refractivity contribution in [3.8, 4) is 0 Å². The number of sulfone groups is 1. The van der Waals surface area contributed by atoms with E-state index >= 15 is 0 Å². The predicted octanol–water partition coefficient (Wildman–Crippen LogP) is 0.775. The molecule has 0 amide bonds. The highest BCUT2D eigenvalue weighted by Gasteiger charge is 2.27. The molecule has 0 saturated carbocycles. The lowest BCUT2D eigenvalue weighted by Crippen LogP contribution is -2.40. The van der Waals surface area contributed by atoms with E-state index in [9.17, 15) is 8.42 Å². The Hall–Kier alpha value is -0.820. The van der Waals surface area contributed by atoms with Crippen molar-refractivity contribution in [3.63, 3.8) is 0 Å². The summed E-state index contributed by atoms with van der Waals surface area (Å²) in [6.07, 6.45) is 3.66. The molecule has 130 valence electrons. The van der Waals surface area contributed by atoms with Crippen LogP contribution < -0.4 is 10.6 Å². The molecule has 1 fully saturated rings. The van der Waals surface area contributed by atoms with Crippen LogP contribution in [0.3, 0.4) is 0 Å². The molecular weight excluding hydrogens is 302 g/mol. The number of aliphatic hydroxyl groups excluding tert-OH is 1. The lowest BCUT2D eigenvalue weighted by Gasteiger charge is -2.16. The summed E-state index contributed by atoms with van der Waals surface area (Å²) < 4.78 is 22.9. The van der Waals surface area contributed by atoms with Gasteiger partial charge >= 0.3 is 0 Å². The Morgan fingerprint density at radius 1 is 1.32 bits per heavy atom. The van der Waals surface area contributed by atoms with E-state index < -0.39 is 9.84 Å². The summed E-state index contributed by atoms with van der Waals surface area (Å²) in [7, 11) is -2.82. The third kappa shape index (κ3) is 7.45. The quantitative estimate of drug-likeness (QED) is 0.428. The highest BCUT2D eigenvalue weighted by atomic mass is 32.2. The van der Waals surface area contributed by atoms with Crippen molar-refractivity contribution in [2.24, 2.45) is 16.8 Å². The van der Waals surface area contributed by atoms with Crippen molar-refractivity contribution in [2.75, 3.05) is 37.7 Å². The fourth-order valence-corrected chi connectivity index (χ4v) is 4.62. The Balaban J connectivity index is 2.47. The molecule has 1 aliphatic heterocycles. The summed E-state index contributed by atoms with van der Waals surface area (Å²) >= 11 is 0. The number of rotatable bonds is 9. The SMILES string of the molecule is CCCC(CCO)CN=C(NCC)NCC1CCS(=O)(=O)C1. The lowest BCUT2D eigenvalue weighted by atomic mass is 10.0. The average molecular weight is 333 g/mol. The van der Waals surface area contributed by atoms with Gasteiger partial charge in [-0.1, -0.05) is 13.3 Å². The third-order valence-corrected chi connectivity index (χ3v) is 5.81. The zero-order valence-electron chi connectivity index (χ0n) is 13.8. The minimum Gasteiger partial charge on any atom is -0.396 e. The van der Waals surface area contributed by atoms with Crippen molar-refractivity contribution in [3.05, 3.63) is 0 Å². The number of aliphatic imine (C=N–C) groups is 1. The van der Waals surface area contributed by atoms with Crippen LogP contribution in [-0.4, -0.2) is 57.2 Å². The van der Waals surface area contributed by atoms with Gasteiger partial charge in [-0.3, -0.25) is 4.99 Å². The maximum Gasteiger partial charge on any atom is 0.191 e. The second-order valence-electron chi connectivity index (χ2n) is 6.04. The monoisotopic (exact) mass is 333 g/mol. The van der Waals surface area contributed by atoms with Crippen molar-refractivity contribution in [2.45, 2.75) is 39.5 Å². The van der Waals surface area contributed by atoms with E-state index in [1.807, 2.05) is 6.92 Å². The predicted molar refractivity (Wildman–Crippen MR) is 90.8 cm³/mol. The minimum atomic E-state index is -2.82. The number of hydrogen-bond donors (Lipinski definition) is 3. The van der Waals surface area contributed by atoms with Gasteiger partial charge in [0, 0.05) is 26.2 Å². The molecule has 0 bridgehead atoms. The van der Waals surface area contributed by atoms with Gasteiger partial charge in [0.15, 0.2) is 15.8 Å². The second-order valence-corrected chi connectivity index (χ2v) is 8.27. The molecule has 0 aromatic carbocycles. The van der Waals surface area contributed by atoms with E-state index in [1.165, 1.54) is 0 Å². The summed E-state index contributed by atoms with van der Waals surface area (Å²) in [5, 5.41) is 15.5. The summed E-state index contributed by atoms with van der Waals surface area (Å²) in [4.78, 5) is 4.58. The number of nitrogens with one attached hydrogen (secondary N) is 2. The molecule has 2 atom stereocenters. The number of nitrogens with zero attached hydrogens (tertiary/aromatic N) is 1. The minimum absolute atomic E-state index is 0.178. The summed E-state index contributed by atoms with van der Waals surface area (Å²) in [5.74, 6) is 1.91. The smallest absolute Gasteiger partial charge is 0.191 e. The van der Waals surface area contributed by atoms with E-state index in [1.54, 1.807) is 0 Å². The molecule has 1 saturated heterocycles. The maximum atomic E-state index is 11.5. The Kier molecular flexibility index (Phi) is 8.78. The summed E-state index contributed by atoms with van der Waals surface area (Å²) in [6, 6.07) is 0. The van der Waals surface area contributed by atoms with Crippen LogP contribution in [-0.2, 0) is 9.84 Å². The van der Waals surface area contributed by atoms with E-state index in [0.717, 1.165) is 38.2 Å². The highest BCUT2D eigenvalue weighted by Crippen LogP contribution is 2.17. The first-order valence-corrected chi connectivity index (χ1v) is 10.2. The molecular formula is C15H31N3O3S. The molecule has 2 unspecified atom stereocenters. The Morgan fingerprint density at radius 3 is 2.64 bits per heavy atom. The molecule has 0 aliphatic carbocycles. The second kappa shape index (κ2) is 10.0. The standard InChI is InChI=1S/C15H31N3O3S/c1-3-5-13(6-8-19)10-17-15(16-4-2)18-11-14-7-9-22(20,21)12-14/h13-14,19H,3-12H2,1-2H3,(H2,16,17,18). The molecule has 3 N–H and O–H groups in total. The first kappa shape index (κ1) is 19.2. The van der Waals surface area contributed by atoms with Crippen LogP contribution in [0.5, 0.6) is 0 Å². The first-order valence-electron chi connectivity index (χ1n) is 8.34. The third-order valence-electron chi connectivity index (χ3n) is 3.97. The first-order chi connectivity index (χ1) is 10.5. The van der Waals surface area contributed by atoms with Crippen LogP contribution in [0.1, 0.15) is 39.5 Å². The molecule has 22 heavy (non-hydrogen) atoms. The Morgan fingerprint density at radius 2 is 2.09 bits per heavy atom. The average Bonchev–Trinajstić information content (AvgIpc) is 2.81. The van der Waals surface area contributed by atoms with Crippen molar-refractivity contribution >= 4 is 15.8 Å². The Bertz CT molecular complexity index is 431. The van der Waals surface area contributed by atoms with Crippen LogP contribution in [0.15, 0.2) is 4.99 Å². The van der Waals surface area contributed by atoms with Gasteiger partial charge in [-0.2, -0.15) is 0 Å². The normalized spacial score (nSPS) is 22.5. The van der Waals surface area contributed by atoms with Crippen molar-refractivity contribution in [1.82, 2.24) is 10.6 Å². The van der Waals surface area contributed by atoms with Gasteiger partial charge in [0.1, 0.15) is 0 Å². The van der Waals surface area contributed by atoms with Gasteiger partial charge in [0.05, 0.1) is 11.5 Å². The molecule has 1 rings (SSSR count). The van der Waals surface area contributed by atoms with E-state index in [2.05, 4.69) is 22.5 Å². The largest absolute Gasteiger partial charge is 0.396 e. The molecule has 0 aromatic rings. The van der Waals surface area contributed by atoms with E-state index in [4.69, 9.17) is 5.11 Å². The number of guanidine groups is 1. The number of hydrogen-bond acceptors (Lipinski definition) is 4. The zero-order chi connectivity index (χ0) is 16.4. The van der Waals surface area contributed by atoms with Crippen LogP contribution in [0.4, 0.5) is 0 Å². The Labute approximate surface area is 134 Å². The molecule has 6 nitrogen and oxygen atoms in total. The van der Waals surface area contributed by atoms with Gasteiger partial charge < -0.3 is 15.7 Å². The van der Waals surface area contributed by atoms with Gasteiger partial charge in [-0.05, 0) is 38.0 Å². The molecule has 1 aliphatic rings.